The van der Waals surface area contributed by atoms with E-state index in [-0.39, 0.29) is 45.2 Å². The van der Waals surface area contributed by atoms with E-state index in [1.807, 2.05) is 30.3 Å². The van der Waals surface area contributed by atoms with Crippen LogP contribution in [0.3, 0.4) is 0 Å². The van der Waals surface area contributed by atoms with Gasteiger partial charge in [-0.1, -0.05) is 95.6 Å². The van der Waals surface area contributed by atoms with Gasteiger partial charge in [-0.05, 0) is 96.3 Å². The number of carbonyl (C=O) groups is 2. The second kappa shape index (κ2) is 9.53. The fourth-order valence-electron chi connectivity index (χ4n) is 11.3. The molecule has 2 unspecified atom stereocenters. The maximum atomic E-state index is 14.2. The molecule has 0 saturated heterocycles. The summed E-state index contributed by atoms with van der Waals surface area (Å²) in [6.45, 7) is 16.6. The Morgan fingerprint density at radius 3 is 2.33 bits per heavy atom. The van der Waals surface area contributed by atoms with Crippen molar-refractivity contribution in [2.75, 3.05) is 0 Å². The number of hydrogen-bond acceptors (Lipinski definition) is 5. The van der Waals surface area contributed by atoms with E-state index in [0.29, 0.717) is 24.7 Å². The van der Waals surface area contributed by atoms with E-state index < -0.39 is 10.8 Å². The minimum absolute atomic E-state index is 0.00547. The van der Waals surface area contributed by atoms with Gasteiger partial charge in [-0.3, -0.25) is 9.59 Å². The Hall–Kier alpha value is -2.43. The molecule has 228 valence electrons. The molecule has 1 aromatic carbocycles. The van der Waals surface area contributed by atoms with E-state index in [0.717, 1.165) is 56.9 Å². The summed E-state index contributed by atoms with van der Waals surface area (Å²) in [4.78, 5) is 27.5. The van der Waals surface area contributed by atoms with Gasteiger partial charge in [-0.15, -0.1) is 0 Å². The first-order valence-corrected chi connectivity index (χ1v) is 16.3. The summed E-state index contributed by atoms with van der Waals surface area (Å²) in [7, 11) is 0. The predicted octanol–water partition coefficient (Wildman–Crippen LogP) is 8.54. The summed E-state index contributed by atoms with van der Waals surface area (Å²) in [5.74, 6) is 0.814. The summed E-state index contributed by atoms with van der Waals surface area (Å²) in [5.41, 5.74) is 1.91. The number of benzene rings is 1. The van der Waals surface area contributed by atoms with Gasteiger partial charge in [0.1, 0.15) is 12.3 Å². The van der Waals surface area contributed by atoms with Crippen LogP contribution in [0.4, 0.5) is 0 Å². The van der Waals surface area contributed by atoms with Crippen molar-refractivity contribution in [3.63, 3.8) is 0 Å². The second-order valence-corrected chi connectivity index (χ2v) is 16.7. The van der Waals surface area contributed by atoms with Crippen LogP contribution in [0.25, 0.3) is 0 Å². The maximum Gasteiger partial charge on any atom is 0.313 e. The highest BCUT2D eigenvalue weighted by molar-refractivity contribution is 6.42. The smallest absolute Gasteiger partial charge is 0.313 e. The molecule has 4 fully saturated rings. The van der Waals surface area contributed by atoms with E-state index in [1.54, 1.807) is 0 Å². The zero-order valence-electron chi connectivity index (χ0n) is 26.9. The Kier molecular flexibility index (Phi) is 6.73. The van der Waals surface area contributed by atoms with Crippen LogP contribution in [-0.2, 0) is 20.9 Å². The summed E-state index contributed by atoms with van der Waals surface area (Å²) < 4.78 is 6.15. The van der Waals surface area contributed by atoms with Crippen LogP contribution >= 0.6 is 0 Å². The molecule has 0 bridgehead atoms. The zero-order chi connectivity index (χ0) is 30.3. The van der Waals surface area contributed by atoms with Gasteiger partial charge in [0.05, 0.1) is 5.41 Å². The van der Waals surface area contributed by atoms with Gasteiger partial charge in [0.2, 0.25) is 0 Å². The SMILES string of the molecule is CC1(C)CC[C@]2(C(=O)OCc3ccccc3)CC[C@]3(C)C(=CCC4[C@@]5(C)C/C(=N\O)C(=O)C(C)(C)C5CC[C@]43C)[C@@H]2C1. The van der Waals surface area contributed by atoms with Crippen LogP contribution < -0.4 is 0 Å². The molecule has 0 aromatic heterocycles. The summed E-state index contributed by atoms with van der Waals surface area (Å²) >= 11 is 0. The molecule has 5 nitrogen and oxygen atoms in total. The first-order chi connectivity index (χ1) is 19.6. The fourth-order valence-corrected chi connectivity index (χ4v) is 11.3. The first kappa shape index (κ1) is 29.6. The topological polar surface area (TPSA) is 76.0 Å². The van der Waals surface area contributed by atoms with Gasteiger partial charge >= 0.3 is 5.97 Å². The highest BCUT2D eigenvalue weighted by atomic mass is 16.5. The number of oxime groups is 1. The van der Waals surface area contributed by atoms with Gasteiger partial charge in [0.25, 0.3) is 0 Å². The van der Waals surface area contributed by atoms with Crippen molar-refractivity contribution >= 4 is 17.5 Å². The second-order valence-electron chi connectivity index (χ2n) is 16.7. The third kappa shape index (κ3) is 3.97. The van der Waals surface area contributed by atoms with Crippen molar-refractivity contribution in [3.05, 3.63) is 47.5 Å². The van der Waals surface area contributed by atoms with Gasteiger partial charge in [-0.25, -0.2) is 0 Å². The Labute approximate surface area is 252 Å². The van der Waals surface area contributed by atoms with E-state index in [4.69, 9.17) is 4.74 Å². The molecule has 5 aliphatic rings. The first-order valence-electron chi connectivity index (χ1n) is 16.3. The molecule has 0 spiro atoms. The average Bonchev–Trinajstić information content (AvgIpc) is 2.94. The normalized spacial score (nSPS) is 42.8. The third-order valence-corrected chi connectivity index (χ3v) is 13.9. The van der Waals surface area contributed by atoms with Crippen molar-refractivity contribution in [3.8, 4) is 0 Å². The van der Waals surface area contributed by atoms with Crippen LogP contribution in [0.5, 0.6) is 0 Å². The largest absolute Gasteiger partial charge is 0.460 e. The lowest BCUT2D eigenvalue weighted by molar-refractivity contribution is -0.185. The number of hydrogen-bond donors (Lipinski definition) is 1. The fraction of sp³-hybridized carbons (Fsp3) is 0.703. The predicted molar refractivity (Wildman–Crippen MR) is 165 cm³/mol. The van der Waals surface area contributed by atoms with E-state index in [1.165, 1.54) is 5.57 Å². The number of ketones is 1. The monoisotopic (exact) mass is 573 g/mol. The van der Waals surface area contributed by atoms with Crippen molar-refractivity contribution in [1.29, 1.82) is 0 Å². The van der Waals surface area contributed by atoms with Crippen LogP contribution in [-0.4, -0.2) is 22.7 Å². The van der Waals surface area contributed by atoms with Crippen LogP contribution in [0, 0.1) is 50.2 Å². The average molecular weight is 574 g/mol. The highest BCUT2D eigenvalue weighted by Crippen LogP contribution is 2.75. The number of allylic oxidation sites excluding steroid dienone is 2. The van der Waals surface area contributed by atoms with E-state index in [2.05, 4.69) is 59.7 Å². The molecule has 42 heavy (non-hydrogen) atoms. The number of ether oxygens (including phenoxy) is 1. The van der Waals surface area contributed by atoms with Gasteiger partial charge < -0.3 is 9.94 Å². The minimum atomic E-state index is -0.543. The standard InChI is InChI=1S/C37H51NO4/c1-32(2)17-19-37(31(40)42-23-24-11-9-8-10-12-24)20-18-35(6)25(26(37)21-32)13-14-29-34(5)22-27(38-41)30(39)33(3,4)28(34)15-16-36(29,35)7/h8-13,26,28-29,41H,14-23H2,1-7H3/b38-27+/t26-,28?,29?,34-,35+,36+,37-/m0/s1. The highest BCUT2D eigenvalue weighted by Gasteiger charge is 2.70. The molecule has 1 N–H and O–H groups in total. The van der Waals surface area contributed by atoms with E-state index >= 15 is 0 Å². The lowest BCUT2D eigenvalue weighted by Gasteiger charge is -2.70. The molecular formula is C37H51NO4. The maximum absolute atomic E-state index is 14.2. The number of nitrogens with zero attached hydrogens (tertiary/aromatic N) is 1. The molecule has 0 heterocycles. The molecule has 0 amide bonds. The lowest BCUT2D eigenvalue weighted by Crippen LogP contribution is -2.65. The summed E-state index contributed by atoms with van der Waals surface area (Å²) in [5, 5.41) is 13.4. The summed E-state index contributed by atoms with van der Waals surface area (Å²) in [6.07, 6.45) is 10.9. The van der Waals surface area contributed by atoms with Gasteiger partial charge in [-0.2, -0.15) is 0 Å². The molecule has 7 atom stereocenters. The molecule has 5 heteroatoms. The summed E-state index contributed by atoms with van der Waals surface area (Å²) in [6, 6.07) is 10.0. The lowest BCUT2D eigenvalue weighted by atomic mass is 9.33. The number of rotatable bonds is 3. The molecule has 4 saturated carbocycles. The Bertz CT molecular complexity index is 1340. The number of Topliss-reactive ketones (excluding diaryl/α,β-unsaturated/α-hetero) is 1. The zero-order valence-corrected chi connectivity index (χ0v) is 26.9. The van der Waals surface area contributed by atoms with Crippen LogP contribution in [0.1, 0.15) is 112 Å². The Morgan fingerprint density at radius 2 is 1.64 bits per heavy atom. The van der Waals surface area contributed by atoms with E-state index in [9.17, 15) is 14.8 Å². The Balaban J connectivity index is 1.39. The quantitative estimate of drug-likeness (QED) is 0.170. The molecule has 5 aliphatic carbocycles. The van der Waals surface area contributed by atoms with Crippen molar-refractivity contribution in [2.45, 2.75) is 113 Å². The number of carbonyl (C=O) groups excluding carboxylic acids is 2. The molecule has 0 aliphatic heterocycles. The molecular weight excluding hydrogens is 522 g/mol. The van der Waals surface area contributed by atoms with Crippen molar-refractivity contribution in [1.82, 2.24) is 0 Å². The number of esters is 1. The molecule has 0 radical (unpaired) electrons. The molecule has 6 rings (SSSR count). The van der Waals surface area contributed by atoms with Gasteiger partial charge in [0.15, 0.2) is 5.78 Å². The number of fused-ring (bicyclic) bond motifs is 7. The third-order valence-electron chi connectivity index (χ3n) is 13.9. The van der Waals surface area contributed by atoms with Crippen LogP contribution in [0.2, 0.25) is 0 Å². The van der Waals surface area contributed by atoms with Gasteiger partial charge in [0, 0.05) is 11.8 Å². The van der Waals surface area contributed by atoms with Crippen molar-refractivity contribution < 1.29 is 19.5 Å². The van der Waals surface area contributed by atoms with Crippen molar-refractivity contribution in [2.24, 2.45) is 55.4 Å². The van der Waals surface area contributed by atoms with Crippen LogP contribution in [0.15, 0.2) is 47.1 Å². The molecule has 1 aromatic rings. The Morgan fingerprint density at radius 1 is 0.952 bits per heavy atom. The minimum Gasteiger partial charge on any atom is -0.460 e.